The van der Waals surface area contributed by atoms with E-state index in [1.54, 1.807) is 25.4 Å². The van der Waals surface area contributed by atoms with Crippen molar-refractivity contribution in [3.05, 3.63) is 24.0 Å². The fraction of sp³-hybridized carbons (Fsp3) is 0.462. The molecule has 102 valence electrons. The van der Waals surface area contributed by atoms with Gasteiger partial charge in [-0.15, -0.1) is 0 Å². The molecule has 3 N–H and O–H groups in total. The molecule has 1 aromatic heterocycles. The third kappa shape index (κ3) is 4.24. The van der Waals surface area contributed by atoms with Gasteiger partial charge in [0.25, 0.3) is 5.91 Å². The van der Waals surface area contributed by atoms with Gasteiger partial charge in [-0.2, -0.15) is 0 Å². The summed E-state index contributed by atoms with van der Waals surface area (Å²) in [5.74, 6) is -0.161. The highest BCUT2D eigenvalue weighted by Crippen LogP contribution is 2.18. The monoisotopic (exact) mass is 262 g/mol. The minimum atomic E-state index is -0.227. The molecule has 19 heavy (non-hydrogen) atoms. The molecule has 0 spiro atoms. The van der Waals surface area contributed by atoms with E-state index in [0.717, 1.165) is 18.5 Å². The lowest BCUT2D eigenvalue weighted by Gasteiger charge is -2.07. The first-order chi connectivity index (χ1) is 9.19. The number of anilines is 1. The number of rotatable bonds is 6. The van der Waals surface area contributed by atoms with Crippen molar-refractivity contribution in [2.45, 2.75) is 25.3 Å². The fourth-order valence-electron chi connectivity index (χ4n) is 1.64. The van der Waals surface area contributed by atoms with Crippen molar-refractivity contribution in [2.75, 3.05) is 18.9 Å². The number of carbonyl (C=O) groups excluding carboxylic acids is 2. The molecular weight excluding hydrogens is 244 g/mol. The summed E-state index contributed by atoms with van der Waals surface area (Å²) in [7, 11) is 1.56. The van der Waals surface area contributed by atoms with E-state index >= 15 is 0 Å². The van der Waals surface area contributed by atoms with Gasteiger partial charge in [0.2, 0.25) is 5.91 Å². The Morgan fingerprint density at radius 3 is 2.89 bits per heavy atom. The summed E-state index contributed by atoms with van der Waals surface area (Å²) in [6.07, 6.45) is 4.18. The molecule has 1 heterocycles. The summed E-state index contributed by atoms with van der Waals surface area (Å²) in [5, 5.41) is 8.55. The van der Waals surface area contributed by atoms with E-state index in [0.29, 0.717) is 24.7 Å². The second-order valence-electron chi connectivity index (χ2n) is 4.53. The van der Waals surface area contributed by atoms with Crippen LogP contribution >= 0.6 is 0 Å². The zero-order chi connectivity index (χ0) is 13.7. The molecule has 6 heteroatoms. The molecule has 1 aliphatic carbocycles. The number of aromatic nitrogens is 1. The van der Waals surface area contributed by atoms with Crippen LogP contribution in [0, 0.1) is 0 Å². The summed E-state index contributed by atoms with van der Waals surface area (Å²) in [6.45, 7) is 0.537. The predicted molar refractivity (Wildman–Crippen MR) is 71.9 cm³/mol. The van der Waals surface area contributed by atoms with Crippen molar-refractivity contribution >= 4 is 17.5 Å². The van der Waals surface area contributed by atoms with Crippen LogP contribution in [-0.2, 0) is 4.79 Å². The lowest BCUT2D eigenvalue weighted by Crippen LogP contribution is -2.27. The van der Waals surface area contributed by atoms with Gasteiger partial charge in [0.05, 0.1) is 0 Å². The standard InChI is InChI=1S/C13H18N4O2/c1-14-13(19)11-8-10(4-6-16-11)15-7-5-12(18)17-9-2-3-9/h4,6,8-9H,2-3,5,7H2,1H3,(H,14,19)(H,15,16)(H,17,18). The molecule has 0 aliphatic heterocycles. The Bertz CT molecular complexity index is 471. The fourth-order valence-corrected chi connectivity index (χ4v) is 1.64. The van der Waals surface area contributed by atoms with E-state index in [4.69, 9.17) is 0 Å². The number of pyridine rings is 1. The van der Waals surface area contributed by atoms with Crippen molar-refractivity contribution in [2.24, 2.45) is 0 Å². The topological polar surface area (TPSA) is 83.1 Å². The van der Waals surface area contributed by atoms with Crippen molar-refractivity contribution in [3.63, 3.8) is 0 Å². The molecule has 0 aromatic carbocycles. The van der Waals surface area contributed by atoms with E-state index < -0.39 is 0 Å². The van der Waals surface area contributed by atoms with E-state index in [1.807, 2.05) is 0 Å². The molecule has 0 bridgehead atoms. The van der Waals surface area contributed by atoms with Gasteiger partial charge in [-0.05, 0) is 25.0 Å². The van der Waals surface area contributed by atoms with Gasteiger partial charge >= 0.3 is 0 Å². The lowest BCUT2D eigenvalue weighted by molar-refractivity contribution is -0.120. The van der Waals surface area contributed by atoms with E-state index in [2.05, 4.69) is 20.9 Å². The number of hydrogen-bond donors (Lipinski definition) is 3. The predicted octanol–water partition coefficient (Wildman–Crippen LogP) is 0.522. The van der Waals surface area contributed by atoms with Crippen LogP contribution in [-0.4, -0.2) is 36.4 Å². The highest BCUT2D eigenvalue weighted by molar-refractivity contribution is 5.92. The maximum atomic E-state index is 11.5. The molecular formula is C13H18N4O2. The van der Waals surface area contributed by atoms with Gasteiger partial charge in [0.15, 0.2) is 0 Å². The largest absolute Gasteiger partial charge is 0.384 e. The number of amides is 2. The first-order valence-electron chi connectivity index (χ1n) is 6.40. The molecule has 0 saturated heterocycles. The Morgan fingerprint density at radius 1 is 1.42 bits per heavy atom. The number of carbonyl (C=O) groups is 2. The third-order valence-corrected chi connectivity index (χ3v) is 2.84. The average Bonchev–Trinajstić information content (AvgIpc) is 3.22. The molecule has 1 aliphatic rings. The zero-order valence-corrected chi connectivity index (χ0v) is 10.9. The number of hydrogen-bond acceptors (Lipinski definition) is 4. The SMILES string of the molecule is CNC(=O)c1cc(NCCC(=O)NC2CC2)ccn1. The molecule has 2 amide bonds. The molecule has 1 aromatic rings. The van der Waals surface area contributed by atoms with Crippen LogP contribution < -0.4 is 16.0 Å². The summed E-state index contributed by atoms with van der Waals surface area (Å²) in [6, 6.07) is 3.83. The molecule has 1 fully saturated rings. The highest BCUT2D eigenvalue weighted by atomic mass is 16.2. The third-order valence-electron chi connectivity index (χ3n) is 2.84. The molecule has 1 saturated carbocycles. The summed E-state index contributed by atoms with van der Waals surface area (Å²) in [5.41, 5.74) is 1.14. The molecule has 2 rings (SSSR count). The minimum Gasteiger partial charge on any atom is -0.384 e. The summed E-state index contributed by atoms with van der Waals surface area (Å²) < 4.78 is 0. The van der Waals surface area contributed by atoms with Crippen LogP contribution in [0.2, 0.25) is 0 Å². The smallest absolute Gasteiger partial charge is 0.269 e. The van der Waals surface area contributed by atoms with Crippen LogP contribution in [0.3, 0.4) is 0 Å². The highest BCUT2D eigenvalue weighted by Gasteiger charge is 2.22. The quantitative estimate of drug-likeness (QED) is 0.698. The van der Waals surface area contributed by atoms with E-state index in [9.17, 15) is 9.59 Å². The lowest BCUT2D eigenvalue weighted by atomic mass is 10.3. The second-order valence-corrected chi connectivity index (χ2v) is 4.53. The second kappa shape index (κ2) is 6.17. The van der Waals surface area contributed by atoms with Gasteiger partial charge in [-0.1, -0.05) is 0 Å². The van der Waals surface area contributed by atoms with Crippen molar-refractivity contribution in [1.82, 2.24) is 15.6 Å². The van der Waals surface area contributed by atoms with Crippen molar-refractivity contribution in [3.8, 4) is 0 Å². The van der Waals surface area contributed by atoms with Crippen LogP contribution in [0.25, 0.3) is 0 Å². The Hall–Kier alpha value is -2.11. The van der Waals surface area contributed by atoms with Crippen LogP contribution in [0.15, 0.2) is 18.3 Å². The van der Waals surface area contributed by atoms with Gasteiger partial charge in [-0.3, -0.25) is 14.6 Å². The Kier molecular flexibility index (Phi) is 4.33. The van der Waals surface area contributed by atoms with Gasteiger partial charge < -0.3 is 16.0 Å². The molecule has 0 unspecified atom stereocenters. The molecule has 0 radical (unpaired) electrons. The Balaban J connectivity index is 1.78. The normalized spacial score (nSPS) is 13.7. The zero-order valence-electron chi connectivity index (χ0n) is 10.9. The average molecular weight is 262 g/mol. The first-order valence-corrected chi connectivity index (χ1v) is 6.40. The van der Waals surface area contributed by atoms with Crippen molar-refractivity contribution in [1.29, 1.82) is 0 Å². The molecule has 6 nitrogen and oxygen atoms in total. The summed E-state index contributed by atoms with van der Waals surface area (Å²) in [4.78, 5) is 26.9. The maximum absolute atomic E-state index is 11.5. The van der Waals surface area contributed by atoms with Crippen LogP contribution in [0.1, 0.15) is 29.8 Å². The van der Waals surface area contributed by atoms with E-state index in [-0.39, 0.29) is 11.8 Å². The first kappa shape index (κ1) is 13.3. The maximum Gasteiger partial charge on any atom is 0.269 e. The van der Waals surface area contributed by atoms with Gasteiger partial charge in [0, 0.05) is 37.9 Å². The van der Waals surface area contributed by atoms with Crippen LogP contribution in [0.5, 0.6) is 0 Å². The van der Waals surface area contributed by atoms with Crippen molar-refractivity contribution < 1.29 is 9.59 Å². The van der Waals surface area contributed by atoms with Crippen LogP contribution in [0.4, 0.5) is 5.69 Å². The summed E-state index contributed by atoms with van der Waals surface area (Å²) >= 11 is 0. The Labute approximate surface area is 112 Å². The van der Waals surface area contributed by atoms with Gasteiger partial charge in [0.1, 0.15) is 5.69 Å². The minimum absolute atomic E-state index is 0.0654. The Morgan fingerprint density at radius 2 is 2.21 bits per heavy atom. The van der Waals surface area contributed by atoms with E-state index in [1.165, 1.54) is 0 Å². The molecule has 0 atom stereocenters. The van der Waals surface area contributed by atoms with Gasteiger partial charge in [-0.25, -0.2) is 0 Å². The number of nitrogens with one attached hydrogen (secondary N) is 3. The number of nitrogens with zero attached hydrogens (tertiary/aromatic N) is 1.